The highest BCUT2D eigenvalue weighted by Gasteiger charge is 2.27. The first kappa shape index (κ1) is 18.5. The van der Waals surface area contributed by atoms with Crippen LogP contribution in [0, 0.1) is 6.92 Å². The average molecular weight is 380 g/mol. The quantitative estimate of drug-likeness (QED) is 0.750. The number of aromatic nitrogens is 2. The number of benzene rings is 1. The van der Waals surface area contributed by atoms with E-state index in [4.69, 9.17) is 9.15 Å². The van der Waals surface area contributed by atoms with Gasteiger partial charge in [0, 0.05) is 32.6 Å². The van der Waals surface area contributed by atoms with Crippen molar-refractivity contribution in [1.29, 1.82) is 0 Å². The highest BCUT2D eigenvalue weighted by molar-refractivity contribution is 7.89. The Morgan fingerprint density at radius 3 is 2.65 bits per heavy atom. The van der Waals surface area contributed by atoms with Gasteiger partial charge in [0.25, 0.3) is 5.91 Å². The predicted octanol–water partition coefficient (Wildman–Crippen LogP) is 0.671. The number of rotatable bonds is 5. The number of morpholine rings is 1. The normalized spacial score (nSPS) is 15.8. The summed E-state index contributed by atoms with van der Waals surface area (Å²) >= 11 is 0. The third kappa shape index (κ3) is 3.92. The highest BCUT2D eigenvalue weighted by Crippen LogP contribution is 2.19. The molecule has 2 aromatic rings. The van der Waals surface area contributed by atoms with E-state index in [9.17, 15) is 13.2 Å². The van der Waals surface area contributed by atoms with Crippen LogP contribution in [0.2, 0.25) is 0 Å². The number of carbonyl (C=O) groups is 1. The van der Waals surface area contributed by atoms with Crippen LogP contribution in [0.5, 0.6) is 0 Å². The SMILES string of the molecule is Cc1nnc(CN(C)C(=O)c2cccc(S(=O)(=O)N3CCOCC3)c2)o1. The van der Waals surface area contributed by atoms with Crippen molar-refractivity contribution < 1.29 is 22.4 Å². The summed E-state index contributed by atoms with van der Waals surface area (Å²) in [4.78, 5) is 14.1. The molecule has 9 nitrogen and oxygen atoms in total. The molecule has 0 radical (unpaired) electrons. The van der Waals surface area contributed by atoms with E-state index < -0.39 is 10.0 Å². The molecule has 0 unspecified atom stereocenters. The molecule has 0 N–H and O–H groups in total. The Labute approximate surface area is 151 Å². The molecule has 0 saturated carbocycles. The van der Waals surface area contributed by atoms with E-state index in [2.05, 4.69) is 10.2 Å². The van der Waals surface area contributed by atoms with E-state index in [1.807, 2.05) is 0 Å². The zero-order valence-corrected chi connectivity index (χ0v) is 15.4. The fourth-order valence-corrected chi connectivity index (χ4v) is 4.08. The van der Waals surface area contributed by atoms with E-state index >= 15 is 0 Å². The molecule has 26 heavy (non-hydrogen) atoms. The van der Waals surface area contributed by atoms with Crippen LogP contribution in [-0.4, -0.2) is 67.1 Å². The molecule has 140 valence electrons. The van der Waals surface area contributed by atoms with Crippen molar-refractivity contribution in [2.75, 3.05) is 33.4 Å². The third-order valence-corrected chi connectivity index (χ3v) is 5.87. The molecule has 1 aromatic carbocycles. The summed E-state index contributed by atoms with van der Waals surface area (Å²) in [6.45, 7) is 3.14. The Bertz CT molecular complexity index is 890. The molecule has 1 fully saturated rings. The van der Waals surface area contributed by atoms with E-state index in [0.29, 0.717) is 38.1 Å². The van der Waals surface area contributed by atoms with Gasteiger partial charge in [-0.1, -0.05) is 6.07 Å². The number of nitrogens with zero attached hydrogens (tertiary/aromatic N) is 4. The van der Waals surface area contributed by atoms with Crippen molar-refractivity contribution in [3.63, 3.8) is 0 Å². The molecular formula is C16H20N4O5S. The number of hydrogen-bond donors (Lipinski definition) is 0. The minimum Gasteiger partial charge on any atom is -0.424 e. The average Bonchev–Trinajstić information content (AvgIpc) is 3.06. The molecule has 10 heteroatoms. The van der Waals surface area contributed by atoms with E-state index in [1.165, 1.54) is 21.3 Å². The van der Waals surface area contributed by atoms with Crippen molar-refractivity contribution in [1.82, 2.24) is 19.4 Å². The maximum absolute atomic E-state index is 12.7. The summed E-state index contributed by atoms with van der Waals surface area (Å²) in [5, 5.41) is 7.58. The van der Waals surface area contributed by atoms with Gasteiger partial charge in [-0.05, 0) is 18.2 Å². The van der Waals surface area contributed by atoms with Crippen LogP contribution < -0.4 is 0 Å². The van der Waals surface area contributed by atoms with Crippen LogP contribution in [0.4, 0.5) is 0 Å². The Balaban J connectivity index is 1.78. The summed E-state index contributed by atoms with van der Waals surface area (Å²) in [6, 6.07) is 6.02. The van der Waals surface area contributed by atoms with Gasteiger partial charge in [-0.15, -0.1) is 10.2 Å². The summed E-state index contributed by atoms with van der Waals surface area (Å²) in [6.07, 6.45) is 0. The van der Waals surface area contributed by atoms with Crippen LogP contribution in [0.1, 0.15) is 22.1 Å². The first-order chi connectivity index (χ1) is 12.4. The smallest absolute Gasteiger partial charge is 0.254 e. The maximum atomic E-state index is 12.7. The summed E-state index contributed by atoms with van der Waals surface area (Å²) in [5.74, 6) is 0.398. The van der Waals surface area contributed by atoms with Gasteiger partial charge in [0.1, 0.15) is 0 Å². The van der Waals surface area contributed by atoms with Gasteiger partial charge < -0.3 is 14.1 Å². The minimum absolute atomic E-state index is 0.0901. The number of ether oxygens (including phenoxy) is 1. The molecule has 1 aliphatic heterocycles. The van der Waals surface area contributed by atoms with Gasteiger partial charge in [0.05, 0.1) is 24.7 Å². The van der Waals surface area contributed by atoms with Gasteiger partial charge >= 0.3 is 0 Å². The Morgan fingerprint density at radius 2 is 2.00 bits per heavy atom. The minimum atomic E-state index is -3.66. The summed E-state index contributed by atoms with van der Waals surface area (Å²) in [5.41, 5.74) is 0.276. The van der Waals surface area contributed by atoms with Crippen molar-refractivity contribution in [3.05, 3.63) is 41.6 Å². The third-order valence-electron chi connectivity index (χ3n) is 3.98. The van der Waals surface area contributed by atoms with Gasteiger partial charge in [0.15, 0.2) is 0 Å². The van der Waals surface area contributed by atoms with Gasteiger partial charge in [-0.25, -0.2) is 8.42 Å². The molecule has 0 spiro atoms. The second kappa shape index (κ2) is 7.52. The first-order valence-electron chi connectivity index (χ1n) is 8.10. The molecule has 1 aliphatic rings. The lowest BCUT2D eigenvalue weighted by atomic mass is 10.2. The first-order valence-corrected chi connectivity index (χ1v) is 9.54. The molecule has 1 saturated heterocycles. The van der Waals surface area contributed by atoms with Crippen molar-refractivity contribution in [2.45, 2.75) is 18.4 Å². The fourth-order valence-electron chi connectivity index (χ4n) is 2.62. The summed E-state index contributed by atoms with van der Waals surface area (Å²) < 4.78 is 37.3. The lowest BCUT2D eigenvalue weighted by Gasteiger charge is -2.26. The molecule has 0 bridgehead atoms. The number of hydrogen-bond acceptors (Lipinski definition) is 7. The van der Waals surface area contributed by atoms with E-state index in [-0.39, 0.29) is 22.9 Å². The number of amides is 1. The standard InChI is InChI=1S/C16H20N4O5S/c1-12-17-18-15(25-12)11-19(2)16(21)13-4-3-5-14(10-13)26(22,23)20-6-8-24-9-7-20/h3-5,10H,6-9,11H2,1-2H3. The van der Waals surface area contributed by atoms with Crippen LogP contribution in [-0.2, 0) is 21.3 Å². The molecule has 3 rings (SSSR count). The van der Waals surface area contributed by atoms with Gasteiger partial charge in [0.2, 0.25) is 21.8 Å². The monoisotopic (exact) mass is 380 g/mol. The van der Waals surface area contributed by atoms with Crippen LogP contribution >= 0.6 is 0 Å². The second-order valence-electron chi connectivity index (χ2n) is 5.92. The molecule has 0 atom stereocenters. The largest absolute Gasteiger partial charge is 0.424 e. The van der Waals surface area contributed by atoms with Gasteiger partial charge in [-0.2, -0.15) is 4.31 Å². The number of carbonyl (C=O) groups excluding carboxylic acids is 1. The van der Waals surface area contributed by atoms with Crippen LogP contribution in [0.3, 0.4) is 0 Å². The molecule has 1 aromatic heterocycles. The van der Waals surface area contributed by atoms with Crippen molar-refractivity contribution in [2.24, 2.45) is 0 Å². The zero-order valence-electron chi connectivity index (χ0n) is 14.6. The number of sulfonamides is 1. The predicted molar refractivity (Wildman–Crippen MR) is 90.9 cm³/mol. The summed E-state index contributed by atoms with van der Waals surface area (Å²) in [7, 11) is -2.07. The van der Waals surface area contributed by atoms with Crippen LogP contribution in [0.15, 0.2) is 33.6 Å². The number of aryl methyl sites for hydroxylation is 1. The highest BCUT2D eigenvalue weighted by atomic mass is 32.2. The molecule has 1 amide bonds. The van der Waals surface area contributed by atoms with Crippen molar-refractivity contribution in [3.8, 4) is 0 Å². The second-order valence-corrected chi connectivity index (χ2v) is 7.86. The van der Waals surface area contributed by atoms with E-state index in [0.717, 1.165) is 0 Å². The Hall–Kier alpha value is -2.30. The Morgan fingerprint density at radius 1 is 1.27 bits per heavy atom. The topological polar surface area (TPSA) is 106 Å². The van der Waals surface area contributed by atoms with E-state index in [1.54, 1.807) is 26.1 Å². The lowest BCUT2D eigenvalue weighted by molar-refractivity contribution is 0.0730. The van der Waals surface area contributed by atoms with Gasteiger partial charge in [-0.3, -0.25) is 4.79 Å². The maximum Gasteiger partial charge on any atom is 0.254 e. The van der Waals surface area contributed by atoms with Crippen molar-refractivity contribution >= 4 is 15.9 Å². The lowest BCUT2D eigenvalue weighted by Crippen LogP contribution is -2.40. The molecule has 2 heterocycles. The Kier molecular flexibility index (Phi) is 5.35. The molecular weight excluding hydrogens is 360 g/mol. The fraction of sp³-hybridized carbons (Fsp3) is 0.438. The van der Waals surface area contributed by atoms with Crippen LogP contribution in [0.25, 0.3) is 0 Å². The zero-order chi connectivity index (χ0) is 18.7. The molecule has 0 aliphatic carbocycles.